The molecule has 0 unspecified atom stereocenters. The van der Waals surface area contributed by atoms with Crippen molar-refractivity contribution in [3.05, 3.63) is 55.1 Å². The second kappa shape index (κ2) is 12.7. The molecule has 9 heteroatoms. The van der Waals surface area contributed by atoms with E-state index in [2.05, 4.69) is 29.0 Å². The van der Waals surface area contributed by atoms with E-state index in [9.17, 15) is 4.79 Å². The number of aromatic nitrogens is 3. The van der Waals surface area contributed by atoms with Crippen molar-refractivity contribution in [1.82, 2.24) is 14.8 Å². The van der Waals surface area contributed by atoms with Gasteiger partial charge in [-0.25, -0.2) is 0 Å². The van der Waals surface area contributed by atoms with Crippen molar-refractivity contribution in [1.29, 1.82) is 0 Å². The number of rotatable bonds is 13. The summed E-state index contributed by atoms with van der Waals surface area (Å²) in [5.74, 6) is 2.67. The van der Waals surface area contributed by atoms with Crippen LogP contribution < -0.4 is 19.5 Å². The molecule has 1 aromatic heterocycles. The Morgan fingerprint density at radius 1 is 1.12 bits per heavy atom. The molecular weight excluding hydrogens is 452 g/mol. The molecule has 1 N–H and O–H groups in total. The molecule has 3 aromatic rings. The molecule has 0 atom stereocenters. The van der Waals surface area contributed by atoms with Gasteiger partial charge in [-0.05, 0) is 42.8 Å². The summed E-state index contributed by atoms with van der Waals surface area (Å²) in [6.07, 6.45) is 3.89. The van der Waals surface area contributed by atoms with Crippen LogP contribution in [-0.4, -0.2) is 47.3 Å². The van der Waals surface area contributed by atoms with Crippen molar-refractivity contribution >= 4 is 23.4 Å². The van der Waals surface area contributed by atoms with Gasteiger partial charge in [0, 0.05) is 18.2 Å². The normalized spacial score (nSPS) is 10.6. The van der Waals surface area contributed by atoms with Crippen molar-refractivity contribution < 1.29 is 19.0 Å². The molecule has 0 fully saturated rings. The zero-order chi connectivity index (χ0) is 24.3. The van der Waals surface area contributed by atoms with Gasteiger partial charge >= 0.3 is 0 Å². The van der Waals surface area contributed by atoms with E-state index in [4.69, 9.17) is 14.2 Å². The summed E-state index contributed by atoms with van der Waals surface area (Å²) in [5.41, 5.74) is 1.46. The zero-order valence-corrected chi connectivity index (χ0v) is 20.6. The van der Waals surface area contributed by atoms with Gasteiger partial charge in [-0.2, -0.15) is 0 Å². The summed E-state index contributed by atoms with van der Waals surface area (Å²) in [6.45, 7) is 7.20. The van der Waals surface area contributed by atoms with Crippen molar-refractivity contribution in [3.8, 4) is 28.6 Å². The number of unbranched alkanes of at least 4 members (excludes halogenated alkanes) is 1. The molecule has 180 valence electrons. The van der Waals surface area contributed by atoms with Gasteiger partial charge < -0.3 is 19.5 Å². The minimum absolute atomic E-state index is 0.153. The van der Waals surface area contributed by atoms with Crippen LogP contribution in [0.1, 0.15) is 19.8 Å². The minimum Gasteiger partial charge on any atom is -0.497 e. The first-order chi connectivity index (χ1) is 16.6. The third-order valence-corrected chi connectivity index (χ3v) is 5.89. The largest absolute Gasteiger partial charge is 0.497 e. The summed E-state index contributed by atoms with van der Waals surface area (Å²) in [7, 11) is 3.12. The second-order valence-electron chi connectivity index (χ2n) is 7.33. The first-order valence-corrected chi connectivity index (χ1v) is 12.0. The Labute approximate surface area is 204 Å². The first-order valence-electron chi connectivity index (χ1n) is 11.0. The number of benzene rings is 2. The van der Waals surface area contributed by atoms with Crippen molar-refractivity contribution in [2.45, 2.75) is 31.5 Å². The van der Waals surface area contributed by atoms with Crippen LogP contribution in [0.15, 0.2) is 60.3 Å². The average molecular weight is 483 g/mol. The van der Waals surface area contributed by atoms with Crippen LogP contribution >= 0.6 is 11.8 Å². The third-order valence-electron chi connectivity index (χ3n) is 4.92. The van der Waals surface area contributed by atoms with E-state index in [1.807, 2.05) is 28.8 Å². The lowest BCUT2D eigenvalue weighted by molar-refractivity contribution is -0.113. The highest BCUT2D eigenvalue weighted by Gasteiger charge is 2.16. The molecule has 0 spiro atoms. The summed E-state index contributed by atoms with van der Waals surface area (Å²) < 4.78 is 18.2. The molecular formula is C25H30N4O4S. The lowest BCUT2D eigenvalue weighted by Crippen LogP contribution is -2.15. The van der Waals surface area contributed by atoms with Gasteiger partial charge in [0.1, 0.15) is 17.2 Å². The Hall–Kier alpha value is -3.46. The number of allylic oxidation sites excluding steroid dienone is 1. The summed E-state index contributed by atoms with van der Waals surface area (Å²) >= 11 is 1.30. The van der Waals surface area contributed by atoms with E-state index < -0.39 is 0 Å². The van der Waals surface area contributed by atoms with Crippen LogP contribution in [0.25, 0.3) is 11.4 Å². The van der Waals surface area contributed by atoms with Crippen LogP contribution in [0.3, 0.4) is 0 Å². The molecule has 2 aromatic carbocycles. The van der Waals surface area contributed by atoms with E-state index in [0.717, 1.165) is 24.2 Å². The number of amides is 1. The maximum absolute atomic E-state index is 12.6. The van der Waals surface area contributed by atoms with Crippen LogP contribution in [-0.2, 0) is 11.3 Å². The van der Waals surface area contributed by atoms with E-state index in [1.54, 1.807) is 38.5 Å². The third kappa shape index (κ3) is 6.54. The Bertz CT molecular complexity index is 1100. The molecule has 0 saturated carbocycles. The SMILES string of the molecule is C=CCn1c(SCC(=O)Nc2cc(OC)ccc2OC)nnc1-c1ccc(OCCCC)cc1. The fraction of sp³-hybridized carbons (Fsp3) is 0.320. The Morgan fingerprint density at radius 3 is 2.56 bits per heavy atom. The number of carbonyl (C=O) groups is 1. The molecule has 0 radical (unpaired) electrons. The molecule has 0 aliphatic carbocycles. The molecule has 0 saturated heterocycles. The predicted molar refractivity (Wildman–Crippen MR) is 135 cm³/mol. The van der Waals surface area contributed by atoms with E-state index in [0.29, 0.717) is 41.3 Å². The number of nitrogens with zero attached hydrogens (tertiary/aromatic N) is 3. The van der Waals surface area contributed by atoms with Gasteiger partial charge in [0.15, 0.2) is 11.0 Å². The van der Waals surface area contributed by atoms with Gasteiger partial charge in [0.2, 0.25) is 5.91 Å². The van der Waals surface area contributed by atoms with Crippen molar-refractivity contribution in [2.24, 2.45) is 0 Å². The Morgan fingerprint density at radius 2 is 1.88 bits per heavy atom. The van der Waals surface area contributed by atoms with Gasteiger partial charge in [0.25, 0.3) is 0 Å². The first kappa shape index (κ1) is 25.2. The fourth-order valence-corrected chi connectivity index (χ4v) is 3.91. The second-order valence-corrected chi connectivity index (χ2v) is 8.28. The molecule has 8 nitrogen and oxygen atoms in total. The van der Waals surface area contributed by atoms with Gasteiger partial charge in [-0.1, -0.05) is 31.2 Å². The standard InChI is InChI=1S/C25H30N4O4S/c1-5-7-15-33-19-10-8-18(9-11-19)24-27-28-25(29(24)14-6-2)34-17-23(30)26-21-16-20(31-3)12-13-22(21)32-4/h6,8-13,16H,2,5,7,14-15,17H2,1,3-4H3,(H,26,30). The fourth-order valence-electron chi connectivity index (χ4n) is 3.17. The van der Waals surface area contributed by atoms with Crippen molar-refractivity contribution in [2.75, 3.05) is 31.9 Å². The van der Waals surface area contributed by atoms with Gasteiger partial charge in [0.05, 0.1) is 32.3 Å². The lowest BCUT2D eigenvalue weighted by Gasteiger charge is -2.12. The predicted octanol–water partition coefficient (Wildman–Crippen LogP) is 5.06. The molecule has 0 aliphatic rings. The molecule has 3 rings (SSSR count). The highest BCUT2D eigenvalue weighted by Crippen LogP contribution is 2.30. The Kier molecular flexibility index (Phi) is 9.40. The number of hydrogen-bond acceptors (Lipinski definition) is 7. The average Bonchev–Trinajstić information content (AvgIpc) is 3.26. The van der Waals surface area contributed by atoms with Crippen LogP contribution in [0, 0.1) is 0 Å². The Balaban J connectivity index is 1.69. The molecule has 34 heavy (non-hydrogen) atoms. The maximum Gasteiger partial charge on any atom is 0.234 e. The monoisotopic (exact) mass is 482 g/mol. The molecule has 1 heterocycles. The number of thioether (sulfide) groups is 1. The van der Waals surface area contributed by atoms with Crippen molar-refractivity contribution in [3.63, 3.8) is 0 Å². The minimum atomic E-state index is -0.195. The number of carbonyl (C=O) groups excluding carboxylic acids is 1. The van der Waals surface area contributed by atoms with Crippen LogP contribution in [0.4, 0.5) is 5.69 Å². The van der Waals surface area contributed by atoms with Gasteiger partial charge in [-0.3, -0.25) is 9.36 Å². The molecule has 1 amide bonds. The summed E-state index contributed by atoms with van der Waals surface area (Å²) in [5, 5.41) is 12.2. The smallest absolute Gasteiger partial charge is 0.234 e. The van der Waals surface area contributed by atoms with Crippen LogP contribution in [0.5, 0.6) is 17.2 Å². The van der Waals surface area contributed by atoms with Gasteiger partial charge in [-0.15, -0.1) is 16.8 Å². The number of nitrogens with one attached hydrogen (secondary N) is 1. The number of methoxy groups -OCH3 is 2. The summed E-state index contributed by atoms with van der Waals surface area (Å²) in [4.78, 5) is 12.6. The van der Waals surface area contributed by atoms with E-state index in [1.165, 1.54) is 11.8 Å². The molecule has 0 bridgehead atoms. The molecule has 0 aliphatic heterocycles. The van der Waals surface area contributed by atoms with E-state index >= 15 is 0 Å². The topological polar surface area (TPSA) is 87.5 Å². The maximum atomic E-state index is 12.6. The highest BCUT2D eigenvalue weighted by molar-refractivity contribution is 7.99. The number of hydrogen-bond donors (Lipinski definition) is 1. The van der Waals surface area contributed by atoms with E-state index in [-0.39, 0.29) is 11.7 Å². The quantitative estimate of drug-likeness (QED) is 0.207. The summed E-state index contributed by atoms with van der Waals surface area (Å²) in [6, 6.07) is 13.0. The number of anilines is 1. The van der Waals surface area contributed by atoms with Crippen LogP contribution in [0.2, 0.25) is 0 Å². The zero-order valence-electron chi connectivity index (χ0n) is 19.7. The highest BCUT2D eigenvalue weighted by atomic mass is 32.2. The number of ether oxygens (including phenoxy) is 3. The lowest BCUT2D eigenvalue weighted by atomic mass is 10.2.